The molecule has 2 aromatic carbocycles. The van der Waals surface area contributed by atoms with Crippen LogP contribution in [0.4, 0.5) is 0 Å². The lowest BCUT2D eigenvalue weighted by Gasteiger charge is -2.42. The first-order valence-electron chi connectivity index (χ1n) is 13.1. The van der Waals surface area contributed by atoms with Crippen molar-refractivity contribution in [3.8, 4) is 28.6 Å². The lowest BCUT2D eigenvalue weighted by molar-refractivity contribution is -0.318. The van der Waals surface area contributed by atoms with E-state index in [9.17, 15) is 40.5 Å². The van der Waals surface area contributed by atoms with E-state index in [0.717, 1.165) is 0 Å². The molecule has 14 nitrogen and oxygen atoms in total. The van der Waals surface area contributed by atoms with Crippen LogP contribution in [0.25, 0.3) is 22.3 Å². The van der Waals surface area contributed by atoms with Crippen molar-refractivity contribution in [1.82, 2.24) is 0 Å². The number of fused-ring (bicyclic) bond motifs is 1. The Morgan fingerprint density at radius 3 is 2.14 bits per heavy atom. The van der Waals surface area contributed by atoms with E-state index in [0.29, 0.717) is 11.3 Å². The van der Waals surface area contributed by atoms with Crippen LogP contribution < -0.4 is 14.9 Å². The van der Waals surface area contributed by atoms with E-state index in [-0.39, 0.29) is 28.2 Å². The zero-order valence-electron chi connectivity index (χ0n) is 22.5. The number of methoxy groups -OCH3 is 1. The summed E-state index contributed by atoms with van der Waals surface area (Å²) in [5.41, 5.74) is 0.154. The van der Waals surface area contributed by atoms with Crippen LogP contribution >= 0.6 is 0 Å². The van der Waals surface area contributed by atoms with E-state index in [1.54, 1.807) is 12.1 Å². The third-order valence-corrected chi connectivity index (χ3v) is 7.31. The average molecular weight is 593 g/mol. The molecule has 14 heteroatoms. The number of aromatic hydroxyl groups is 1. The van der Waals surface area contributed by atoms with Crippen molar-refractivity contribution in [1.29, 1.82) is 0 Å². The summed E-state index contributed by atoms with van der Waals surface area (Å²) >= 11 is 0. The molecule has 2 aliphatic rings. The highest BCUT2D eigenvalue weighted by atomic mass is 16.7. The van der Waals surface area contributed by atoms with Gasteiger partial charge in [-0.25, -0.2) is 0 Å². The summed E-state index contributed by atoms with van der Waals surface area (Å²) in [5, 5.41) is 71.4. The molecule has 2 fully saturated rings. The molecule has 3 heterocycles. The van der Waals surface area contributed by atoms with Gasteiger partial charge in [-0.15, -0.1) is 0 Å². The fourth-order valence-electron chi connectivity index (χ4n) is 4.83. The molecule has 0 unspecified atom stereocenters. The Bertz CT molecular complexity index is 1440. The molecule has 1 aromatic heterocycles. The first-order chi connectivity index (χ1) is 20.0. The van der Waals surface area contributed by atoms with Crippen LogP contribution in [-0.4, -0.2) is 111 Å². The van der Waals surface area contributed by atoms with E-state index < -0.39 is 73.4 Å². The molecular weight excluding hydrogens is 560 g/mol. The summed E-state index contributed by atoms with van der Waals surface area (Å²) < 4.78 is 33.1. The van der Waals surface area contributed by atoms with Crippen molar-refractivity contribution in [2.75, 3.05) is 13.7 Å². The Balaban J connectivity index is 1.28. The number of aliphatic hydroxyl groups is 6. The van der Waals surface area contributed by atoms with Crippen molar-refractivity contribution in [2.24, 2.45) is 0 Å². The number of aliphatic hydroxyl groups excluding tert-OH is 6. The van der Waals surface area contributed by atoms with E-state index in [4.69, 9.17) is 28.1 Å². The van der Waals surface area contributed by atoms with Gasteiger partial charge in [-0.3, -0.25) is 4.79 Å². The second-order valence-corrected chi connectivity index (χ2v) is 10.2. The number of phenolic OH excluding ortho intramolecular Hbond substituents is 1. The van der Waals surface area contributed by atoms with Gasteiger partial charge in [0, 0.05) is 23.8 Å². The maximum absolute atomic E-state index is 12.6. The maximum atomic E-state index is 12.6. The minimum absolute atomic E-state index is 0.00931. The summed E-state index contributed by atoms with van der Waals surface area (Å²) in [6, 6.07) is 10.2. The fourth-order valence-corrected chi connectivity index (χ4v) is 4.83. The van der Waals surface area contributed by atoms with E-state index in [1.807, 2.05) is 0 Å². The predicted molar refractivity (Wildman–Crippen MR) is 142 cm³/mol. The monoisotopic (exact) mass is 592 g/mol. The number of ether oxygens (including phenoxy) is 5. The molecule has 228 valence electrons. The molecule has 42 heavy (non-hydrogen) atoms. The SMILES string of the molecule is COc1cc(O)c2c(=O)cc(-c3ccc(O[C@@H]4O[C@@H](CO[C@@H]5O[C@H](C)[C@H](O)[C@@H](O)[C@H]5O)[C@@H](O)[C@H](O)[C@H]4O)cc3)oc2c1. The van der Waals surface area contributed by atoms with Crippen LogP contribution in [-0.2, 0) is 14.2 Å². The Kier molecular flexibility index (Phi) is 8.71. The van der Waals surface area contributed by atoms with Gasteiger partial charge in [0.15, 0.2) is 11.7 Å². The van der Waals surface area contributed by atoms with Gasteiger partial charge < -0.3 is 63.8 Å². The Morgan fingerprint density at radius 1 is 0.786 bits per heavy atom. The van der Waals surface area contributed by atoms with Crippen LogP contribution in [0, 0.1) is 0 Å². The number of benzene rings is 2. The van der Waals surface area contributed by atoms with E-state index in [1.165, 1.54) is 44.4 Å². The minimum atomic E-state index is -1.68. The van der Waals surface area contributed by atoms with Crippen LogP contribution in [0.5, 0.6) is 17.2 Å². The van der Waals surface area contributed by atoms with Gasteiger partial charge in [-0.05, 0) is 31.2 Å². The van der Waals surface area contributed by atoms with Crippen molar-refractivity contribution in [2.45, 2.75) is 68.3 Å². The zero-order chi connectivity index (χ0) is 30.3. The van der Waals surface area contributed by atoms with Crippen molar-refractivity contribution in [3.05, 3.63) is 52.7 Å². The molecule has 0 aliphatic carbocycles. The largest absolute Gasteiger partial charge is 0.507 e. The summed E-state index contributed by atoms with van der Waals surface area (Å²) in [6.07, 6.45) is -14.2. The lowest BCUT2D eigenvalue weighted by atomic mass is 9.98. The summed E-state index contributed by atoms with van der Waals surface area (Å²) in [6.45, 7) is 1.05. The minimum Gasteiger partial charge on any atom is -0.507 e. The molecule has 10 atom stereocenters. The highest BCUT2D eigenvalue weighted by Crippen LogP contribution is 2.32. The molecule has 7 N–H and O–H groups in total. The summed E-state index contributed by atoms with van der Waals surface area (Å²) in [5.74, 6) is 0.435. The van der Waals surface area contributed by atoms with Gasteiger partial charge in [0.05, 0.1) is 19.8 Å². The first kappa shape index (κ1) is 30.2. The van der Waals surface area contributed by atoms with Gasteiger partial charge in [0.1, 0.15) is 76.7 Å². The van der Waals surface area contributed by atoms with Crippen molar-refractivity contribution < 1.29 is 63.8 Å². The fraction of sp³-hybridized carbons (Fsp3) is 0.464. The Labute approximate surface area is 238 Å². The summed E-state index contributed by atoms with van der Waals surface area (Å²) in [4.78, 5) is 12.6. The first-order valence-corrected chi connectivity index (χ1v) is 13.1. The smallest absolute Gasteiger partial charge is 0.229 e. The van der Waals surface area contributed by atoms with Gasteiger partial charge in [0.2, 0.25) is 6.29 Å². The van der Waals surface area contributed by atoms with Crippen LogP contribution in [0.15, 0.2) is 51.7 Å². The highest BCUT2D eigenvalue weighted by Gasteiger charge is 2.47. The van der Waals surface area contributed by atoms with Crippen LogP contribution in [0.2, 0.25) is 0 Å². The number of hydrogen-bond acceptors (Lipinski definition) is 14. The Hall–Kier alpha value is -3.31. The van der Waals surface area contributed by atoms with Gasteiger partial charge in [-0.1, -0.05) is 0 Å². The molecule has 5 rings (SSSR count). The second kappa shape index (κ2) is 12.1. The highest BCUT2D eigenvalue weighted by molar-refractivity contribution is 5.86. The number of rotatable bonds is 7. The molecule has 2 aliphatic heterocycles. The van der Waals surface area contributed by atoms with Gasteiger partial charge in [0.25, 0.3) is 0 Å². The average Bonchev–Trinajstić information content (AvgIpc) is 2.97. The second-order valence-electron chi connectivity index (χ2n) is 10.2. The molecular formula is C28H32O14. The molecule has 2 saturated heterocycles. The molecule has 0 radical (unpaired) electrons. The molecule has 3 aromatic rings. The van der Waals surface area contributed by atoms with Gasteiger partial charge in [-0.2, -0.15) is 0 Å². The zero-order valence-corrected chi connectivity index (χ0v) is 22.5. The summed E-state index contributed by atoms with van der Waals surface area (Å²) in [7, 11) is 1.41. The van der Waals surface area contributed by atoms with E-state index >= 15 is 0 Å². The van der Waals surface area contributed by atoms with Crippen LogP contribution in [0.1, 0.15) is 6.92 Å². The van der Waals surface area contributed by atoms with Gasteiger partial charge >= 0.3 is 0 Å². The van der Waals surface area contributed by atoms with Crippen molar-refractivity contribution in [3.63, 3.8) is 0 Å². The van der Waals surface area contributed by atoms with Crippen molar-refractivity contribution >= 4 is 11.0 Å². The predicted octanol–water partition coefficient (Wildman–Crippen LogP) is -0.795. The molecule has 0 bridgehead atoms. The molecule has 0 saturated carbocycles. The Morgan fingerprint density at radius 2 is 1.45 bits per heavy atom. The standard InChI is InChI=1S/C28H32O14/c1-11-21(31)23(33)25(35)27(39-11)38-10-19-22(32)24(34)26(36)28(42-19)40-13-5-3-12(4-6-13)17-9-16(30)20-15(29)7-14(37-2)8-18(20)41-17/h3-9,11,19,21-29,31-36H,10H2,1-2H3/t11-,19+,21+,22-,23-,24+,25-,26-,27-,28-/m1/s1. The normalized spacial score (nSPS) is 33.4. The van der Waals surface area contributed by atoms with Crippen LogP contribution in [0.3, 0.4) is 0 Å². The quantitative estimate of drug-likeness (QED) is 0.179. The molecule has 0 spiro atoms. The third-order valence-electron chi connectivity index (χ3n) is 7.31. The number of hydrogen-bond donors (Lipinski definition) is 7. The van der Waals surface area contributed by atoms with E-state index in [2.05, 4.69) is 0 Å². The number of phenols is 1. The maximum Gasteiger partial charge on any atom is 0.229 e. The third kappa shape index (κ3) is 5.81. The molecule has 0 amide bonds. The lowest BCUT2D eigenvalue weighted by Crippen LogP contribution is -2.61. The topological polar surface area (TPSA) is 218 Å².